The molecule has 0 radical (unpaired) electrons. The maximum atomic E-state index is 13.0. The molecule has 2 heterocycles. The average Bonchev–Trinajstić information content (AvgIpc) is 3.09. The van der Waals surface area contributed by atoms with Gasteiger partial charge in [0.1, 0.15) is 12.1 Å². The molecule has 0 spiro atoms. The summed E-state index contributed by atoms with van der Waals surface area (Å²) in [4.78, 5) is 49.3. The largest absolute Gasteiger partial charge is 0.406 e. The fourth-order valence-electron chi connectivity index (χ4n) is 3.70. The van der Waals surface area contributed by atoms with Gasteiger partial charge in [0.15, 0.2) is 5.78 Å². The Morgan fingerprint density at radius 2 is 1.88 bits per heavy atom. The van der Waals surface area contributed by atoms with Gasteiger partial charge in [-0.05, 0) is 32.4 Å². The summed E-state index contributed by atoms with van der Waals surface area (Å²) in [5.41, 5.74) is -1.52. The predicted molar refractivity (Wildman–Crippen MR) is 105 cm³/mol. The SMILES string of the molecule is Cc1cc(C(=O)CN2C(=O)NC(C)(c3cccc([N+](=O)[O-])c3)C2=O)c(C)n1CC(F)(F)F. The van der Waals surface area contributed by atoms with Crippen LogP contribution in [0.5, 0.6) is 0 Å². The standard InChI is InChI=1S/C20H19F3N4O5/c1-11-7-15(12(2)26(11)10-20(21,22)23)16(28)9-25-17(29)19(3,24-18(25)30)13-5-4-6-14(8-13)27(31)32/h4-8H,9-10H2,1-3H3,(H,24,30). The molecule has 0 bridgehead atoms. The van der Waals surface area contributed by atoms with Gasteiger partial charge in [-0.15, -0.1) is 0 Å². The van der Waals surface area contributed by atoms with Crippen LogP contribution in [-0.4, -0.2) is 44.8 Å². The Hall–Kier alpha value is -3.70. The number of nitro groups is 1. The highest BCUT2D eigenvalue weighted by molar-refractivity contribution is 6.11. The number of imide groups is 1. The number of amides is 3. The fraction of sp³-hybridized carbons (Fsp3) is 0.350. The molecule has 0 saturated carbocycles. The molecule has 170 valence electrons. The van der Waals surface area contributed by atoms with Gasteiger partial charge in [-0.1, -0.05) is 12.1 Å². The minimum Gasteiger partial charge on any atom is -0.339 e. The summed E-state index contributed by atoms with van der Waals surface area (Å²) < 4.78 is 39.4. The minimum atomic E-state index is -4.49. The van der Waals surface area contributed by atoms with E-state index >= 15 is 0 Å². The average molecular weight is 452 g/mol. The molecule has 1 aliphatic rings. The topological polar surface area (TPSA) is 115 Å². The number of carbonyl (C=O) groups is 3. The molecule has 1 fully saturated rings. The molecule has 3 amide bonds. The third-order valence-corrected chi connectivity index (χ3v) is 5.42. The molecule has 0 aliphatic carbocycles. The van der Waals surface area contributed by atoms with Crippen molar-refractivity contribution >= 4 is 23.4 Å². The van der Waals surface area contributed by atoms with Crippen molar-refractivity contribution in [3.63, 3.8) is 0 Å². The zero-order valence-corrected chi connectivity index (χ0v) is 17.3. The summed E-state index contributed by atoms with van der Waals surface area (Å²) in [6.07, 6.45) is -4.49. The van der Waals surface area contributed by atoms with Crippen molar-refractivity contribution in [2.75, 3.05) is 6.54 Å². The van der Waals surface area contributed by atoms with Gasteiger partial charge in [-0.2, -0.15) is 13.2 Å². The monoisotopic (exact) mass is 452 g/mol. The number of Topliss-reactive ketones (excluding diaryl/α,β-unsaturated/α-hetero) is 1. The van der Waals surface area contributed by atoms with Gasteiger partial charge in [0.2, 0.25) is 0 Å². The smallest absolute Gasteiger partial charge is 0.339 e. The molecule has 1 aliphatic heterocycles. The number of hydrogen-bond donors (Lipinski definition) is 1. The number of aromatic nitrogens is 1. The number of alkyl halides is 3. The number of urea groups is 1. The van der Waals surface area contributed by atoms with Gasteiger partial charge in [-0.3, -0.25) is 24.6 Å². The number of nitrogens with one attached hydrogen (secondary N) is 1. The molecular weight excluding hydrogens is 433 g/mol. The van der Waals surface area contributed by atoms with E-state index in [0.717, 1.165) is 10.6 Å². The number of nitrogens with zero attached hydrogens (tertiary/aromatic N) is 3. The van der Waals surface area contributed by atoms with E-state index in [-0.39, 0.29) is 28.2 Å². The second-order valence-electron chi connectivity index (χ2n) is 7.66. The summed E-state index contributed by atoms with van der Waals surface area (Å²) in [6.45, 7) is 2.16. The number of hydrogen-bond acceptors (Lipinski definition) is 5. The summed E-state index contributed by atoms with van der Waals surface area (Å²) in [5, 5.41) is 13.5. The maximum Gasteiger partial charge on any atom is 0.406 e. The molecular formula is C20H19F3N4O5. The van der Waals surface area contributed by atoms with E-state index in [1.54, 1.807) is 0 Å². The molecule has 1 unspecified atom stereocenters. The third-order valence-electron chi connectivity index (χ3n) is 5.42. The van der Waals surface area contributed by atoms with Gasteiger partial charge in [0.25, 0.3) is 11.6 Å². The number of ketones is 1. The van der Waals surface area contributed by atoms with Crippen molar-refractivity contribution in [2.24, 2.45) is 0 Å². The Bertz CT molecular complexity index is 1140. The van der Waals surface area contributed by atoms with Gasteiger partial charge in [0.05, 0.1) is 11.5 Å². The van der Waals surface area contributed by atoms with Crippen molar-refractivity contribution in [1.29, 1.82) is 0 Å². The Balaban J connectivity index is 1.86. The van der Waals surface area contributed by atoms with Crippen molar-refractivity contribution in [3.8, 4) is 0 Å². The Labute approximate surface area is 179 Å². The molecule has 3 rings (SSSR count). The van der Waals surface area contributed by atoms with Crippen molar-refractivity contribution < 1.29 is 32.5 Å². The van der Waals surface area contributed by atoms with Crippen LogP contribution in [-0.2, 0) is 16.9 Å². The second kappa shape index (κ2) is 7.77. The van der Waals surface area contributed by atoms with Crippen LogP contribution in [0.25, 0.3) is 0 Å². The lowest BCUT2D eigenvalue weighted by atomic mass is 9.91. The van der Waals surface area contributed by atoms with E-state index in [9.17, 15) is 37.7 Å². The Kier molecular flexibility index (Phi) is 5.58. The van der Waals surface area contributed by atoms with Crippen LogP contribution in [0.4, 0.5) is 23.7 Å². The van der Waals surface area contributed by atoms with E-state index in [2.05, 4.69) is 5.32 Å². The van der Waals surface area contributed by atoms with E-state index in [1.165, 1.54) is 45.0 Å². The quantitative estimate of drug-likeness (QED) is 0.313. The highest BCUT2D eigenvalue weighted by Crippen LogP contribution is 2.31. The molecule has 1 aromatic heterocycles. The van der Waals surface area contributed by atoms with Crippen LogP contribution in [0.15, 0.2) is 30.3 Å². The number of halogens is 3. The van der Waals surface area contributed by atoms with Gasteiger partial charge >= 0.3 is 12.2 Å². The lowest BCUT2D eigenvalue weighted by Crippen LogP contribution is -2.41. The van der Waals surface area contributed by atoms with Crippen LogP contribution in [0.2, 0.25) is 0 Å². The van der Waals surface area contributed by atoms with E-state index < -0.39 is 47.4 Å². The molecule has 1 saturated heterocycles. The minimum absolute atomic E-state index is 0.0312. The fourth-order valence-corrected chi connectivity index (χ4v) is 3.70. The summed E-state index contributed by atoms with van der Waals surface area (Å²) in [6, 6.07) is 5.56. The molecule has 12 heteroatoms. The van der Waals surface area contributed by atoms with Crippen molar-refractivity contribution in [3.05, 3.63) is 63.0 Å². The maximum absolute atomic E-state index is 13.0. The van der Waals surface area contributed by atoms with Crippen LogP contribution in [0.1, 0.15) is 34.2 Å². The Morgan fingerprint density at radius 3 is 2.47 bits per heavy atom. The molecule has 1 atom stereocenters. The van der Waals surface area contributed by atoms with Crippen LogP contribution < -0.4 is 5.32 Å². The van der Waals surface area contributed by atoms with E-state index in [4.69, 9.17) is 0 Å². The molecule has 32 heavy (non-hydrogen) atoms. The van der Waals surface area contributed by atoms with Crippen LogP contribution in [0, 0.1) is 24.0 Å². The second-order valence-corrected chi connectivity index (χ2v) is 7.66. The van der Waals surface area contributed by atoms with Gasteiger partial charge in [0, 0.05) is 29.1 Å². The van der Waals surface area contributed by atoms with E-state index in [1.807, 2.05) is 0 Å². The summed E-state index contributed by atoms with van der Waals surface area (Å²) in [5.74, 6) is -1.52. The first-order valence-corrected chi connectivity index (χ1v) is 9.40. The lowest BCUT2D eigenvalue weighted by Gasteiger charge is -2.22. The first kappa shape index (κ1) is 23.0. The normalized spacial score (nSPS) is 18.8. The first-order chi connectivity index (χ1) is 14.7. The van der Waals surface area contributed by atoms with Gasteiger partial charge < -0.3 is 9.88 Å². The summed E-state index contributed by atoms with van der Waals surface area (Å²) in [7, 11) is 0. The number of nitro benzene ring substituents is 1. The molecule has 2 aromatic rings. The number of non-ortho nitro benzene ring substituents is 1. The van der Waals surface area contributed by atoms with Crippen LogP contribution >= 0.6 is 0 Å². The zero-order chi connectivity index (χ0) is 24.0. The Morgan fingerprint density at radius 1 is 1.22 bits per heavy atom. The zero-order valence-electron chi connectivity index (χ0n) is 17.3. The van der Waals surface area contributed by atoms with Crippen molar-refractivity contribution in [2.45, 2.75) is 39.0 Å². The summed E-state index contributed by atoms with van der Waals surface area (Å²) >= 11 is 0. The number of rotatable bonds is 6. The highest BCUT2D eigenvalue weighted by Gasteiger charge is 2.50. The first-order valence-electron chi connectivity index (χ1n) is 9.40. The molecule has 1 aromatic carbocycles. The molecule has 1 N–H and O–H groups in total. The van der Waals surface area contributed by atoms with Crippen molar-refractivity contribution in [1.82, 2.24) is 14.8 Å². The number of carbonyl (C=O) groups excluding carboxylic acids is 3. The number of aryl methyl sites for hydroxylation is 1. The third kappa shape index (κ3) is 4.07. The lowest BCUT2D eigenvalue weighted by molar-refractivity contribution is -0.385. The number of benzene rings is 1. The van der Waals surface area contributed by atoms with Gasteiger partial charge in [-0.25, -0.2) is 4.79 Å². The predicted octanol–water partition coefficient (Wildman–Crippen LogP) is 3.23. The highest BCUT2D eigenvalue weighted by atomic mass is 19.4. The van der Waals surface area contributed by atoms with Crippen LogP contribution in [0.3, 0.4) is 0 Å². The van der Waals surface area contributed by atoms with E-state index in [0.29, 0.717) is 4.90 Å². The molecule has 9 nitrogen and oxygen atoms in total.